The quantitative estimate of drug-likeness (QED) is 0.564. The van der Waals surface area contributed by atoms with E-state index in [2.05, 4.69) is 19.2 Å². The second-order valence-corrected chi connectivity index (χ2v) is 10.4. The average molecular weight is 487 g/mol. The molecule has 2 aromatic rings. The van der Waals surface area contributed by atoms with Gasteiger partial charge in [-0.1, -0.05) is 43.1 Å². The summed E-state index contributed by atoms with van der Waals surface area (Å²) >= 11 is 12.2. The van der Waals surface area contributed by atoms with E-state index in [0.717, 1.165) is 33.0 Å². The summed E-state index contributed by atoms with van der Waals surface area (Å²) in [4.78, 5) is 12.8. The highest BCUT2D eigenvalue weighted by molar-refractivity contribution is 7.92. The predicted molar refractivity (Wildman–Crippen MR) is 127 cm³/mol. The highest BCUT2D eigenvalue weighted by atomic mass is 35.5. The highest BCUT2D eigenvalue weighted by Crippen LogP contribution is 2.34. The van der Waals surface area contributed by atoms with Crippen LogP contribution in [0.5, 0.6) is 5.75 Å². The Kier molecular flexibility index (Phi) is 8.25. The molecule has 2 aromatic carbocycles. The highest BCUT2D eigenvalue weighted by Gasteiger charge is 2.25. The normalized spacial score (nSPS) is 12.5. The average Bonchev–Trinajstić information content (AvgIpc) is 2.67. The summed E-state index contributed by atoms with van der Waals surface area (Å²) in [6.45, 7) is 7.51. The fraction of sp³-hybridized carbons (Fsp3) is 0.409. The molecule has 1 unspecified atom stereocenters. The number of carbonyl (C=O) groups excluding carboxylic acids is 1. The number of sulfonamides is 1. The summed E-state index contributed by atoms with van der Waals surface area (Å²) in [5.41, 5.74) is 3.09. The Morgan fingerprint density at radius 3 is 2.35 bits per heavy atom. The largest absolute Gasteiger partial charge is 0.496 e. The van der Waals surface area contributed by atoms with Crippen LogP contribution in [0, 0.1) is 6.92 Å². The van der Waals surface area contributed by atoms with Gasteiger partial charge >= 0.3 is 0 Å². The number of aryl methyl sites for hydroxylation is 1. The van der Waals surface area contributed by atoms with Gasteiger partial charge in [0.05, 0.1) is 35.1 Å². The third-order valence-corrected chi connectivity index (χ3v) is 6.91. The number of benzene rings is 2. The maximum atomic E-state index is 12.8. The molecule has 0 spiro atoms. The van der Waals surface area contributed by atoms with Gasteiger partial charge in [0.2, 0.25) is 15.9 Å². The summed E-state index contributed by atoms with van der Waals surface area (Å²) in [5.74, 6) is 0.576. The van der Waals surface area contributed by atoms with Gasteiger partial charge in [-0.3, -0.25) is 9.10 Å². The SMILES string of the molecule is COc1cc(C)c(C(C)NC(=O)CN(c2cccc(Cl)c2Cl)S(C)(=O)=O)cc1C(C)C. The fourth-order valence-electron chi connectivity index (χ4n) is 3.37. The smallest absolute Gasteiger partial charge is 0.241 e. The van der Waals surface area contributed by atoms with Crippen LogP contribution in [0.2, 0.25) is 10.0 Å². The molecule has 6 nitrogen and oxygen atoms in total. The van der Waals surface area contributed by atoms with Crippen LogP contribution < -0.4 is 14.4 Å². The van der Waals surface area contributed by atoms with E-state index in [9.17, 15) is 13.2 Å². The summed E-state index contributed by atoms with van der Waals surface area (Å²) in [6, 6.07) is 8.26. The second kappa shape index (κ2) is 10.1. The predicted octanol–water partition coefficient (Wildman–Crippen LogP) is 5.08. The van der Waals surface area contributed by atoms with Gasteiger partial charge in [0.1, 0.15) is 12.3 Å². The molecule has 1 N–H and O–H groups in total. The zero-order valence-electron chi connectivity index (χ0n) is 18.5. The van der Waals surface area contributed by atoms with Crippen LogP contribution in [0.3, 0.4) is 0 Å². The van der Waals surface area contributed by atoms with Crippen LogP contribution in [0.4, 0.5) is 5.69 Å². The van der Waals surface area contributed by atoms with E-state index in [1.165, 1.54) is 6.07 Å². The maximum Gasteiger partial charge on any atom is 0.241 e. The van der Waals surface area contributed by atoms with E-state index in [1.807, 2.05) is 26.0 Å². The molecule has 0 radical (unpaired) electrons. The van der Waals surface area contributed by atoms with Gasteiger partial charge in [-0.2, -0.15) is 0 Å². The van der Waals surface area contributed by atoms with E-state index >= 15 is 0 Å². The minimum absolute atomic E-state index is 0.0722. The number of ether oxygens (including phenoxy) is 1. The first-order valence-electron chi connectivity index (χ1n) is 9.76. The number of nitrogens with one attached hydrogen (secondary N) is 1. The Labute approximate surface area is 194 Å². The molecule has 1 amide bonds. The lowest BCUT2D eigenvalue weighted by atomic mass is 9.93. The Morgan fingerprint density at radius 2 is 1.81 bits per heavy atom. The van der Waals surface area contributed by atoms with Crippen molar-refractivity contribution in [2.75, 3.05) is 24.2 Å². The number of anilines is 1. The first kappa shape index (κ1) is 25.3. The van der Waals surface area contributed by atoms with Crippen molar-refractivity contribution < 1.29 is 17.9 Å². The number of hydrogen-bond donors (Lipinski definition) is 1. The molecule has 0 bridgehead atoms. The van der Waals surface area contributed by atoms with Crippen molar-refractivity contribution >= 4 is 44.8 Å². The van der Waals surface area contributed by atoms with Gasteiger partial charge in [-0.05, 0) is 60.7 Å². The number of halogens is 2. The first-order chi connectivity index (χ1) is 14.4. The molecule has 0 aliphatic carbocycles. The third kappa shape index (κ3) is 6.05. The van der Waals surface area contributed by atoms with E-state index in [-0.39, 0.29) is 27.7 Å². The van der Waals surface area contributed by atoms with Crippen molar-refractivity contribution in [2.45, 2.75) is 39.7 Å². The minimum Gasteiger partial charge on any atom is -0.496 e. The van der Waals surface area contributed by atoms with Gasteiger partial charge in [0, 0.05) is 0 Å². The van der Waals surface area contributed by atoms with Crippen LogP contribution in [0.15, 0.2) is 30.3 Å². The Hall–Kier alpha value is -1.96. The summed E-state index contributed by atoms with van der Waals surface area (Å²) in [6.07, 6.45) is 1.02. The number of amides is 1. The molecule has 1 atom stereocenters. The molecule has 170 valence electrons. The monoisotopic (exact) mass is 486 g/mol. The van der Waals surface area contributed by atoms with Crippen molar-refractivity contribution in [3.8, 4) is 5.75 Å². The summed E-state index contributed by atoms with van der Waals surface area (Å²) < 4.78 is 31.1. The first-order valence-corrected chi connectivity index (χ1v) is 12.4. The van der Waals surface area contributed by atoms with Gasteiger partial charge in [-0.25, -0.2) is 8.42 Å². The van der Waals surface area contributed by atoms with Crippen molar-refractivity contribution in [3.63, 3.8) is 0 Å². The summed E-state index contributed by atoms with van der Waals surface area (Å²) in [7, 11) is -2.14. The van der Waals surface area contributed by atoms with E-state index in [1.54, 1.807) is 19.2 Å². The molecular formula is C22H28Cl2N2O4S. The van der Waals surface area contributed by atoms with Crippen LogP contribution >= 0.6 is 23.2 Å². The molecule has 9 heteroatoms. The standard InChI is InChI=1S/C22H28Cl2N2O4S/c1-13(2)16-11-17(14(3)10-20(16)30-5)15(4)25-21(27)12-26(31(6,28)29)19-9-7-8-18(23)22(19)24/h7-11,13,15H,12H2,1-6H3,(H,25,27). The number of methoxy groups -OCH3 is 1. The van der Waals surface area contributed by atoms with Crippen molar-refractivity contribution in [3.05, 3.63) is 57.1 Å². The van der Waals surface area contributed by atoms with Crippen LogP contribution in [0.1, 0.15) is 49.4 Å². The Morgan fingerprint density at radius 1 is 1.16 bits per heavy atom. The molecule has 0 heterocycles. The van der Waals surface area contributed by atoms with E-state index in [0.29, 0.717) is 0 Å². The van der Waals surface area contributed by atoms with Gasteiger partial charge in [0.25, 0.3) is 0 Å². The van der Waals surface area contributed by atoms with Crippen LogP contribution in [0.25, 0.3) is 0 Å². The molecule has 0 aliphatic heterocycles. The lowest BCUT2D eigenvalue weighted by Crippen LogP contribution is -2.41. The lowest BCUT2D eigenvalue weighted by Gasteiger charge is -2.25. The topological polar surface area (TPSA) is 75.7 Å². The van der Waals surface area contributed by atoms with Gasteiger partial charge in [0.15, 0.2) is 0 Å². The maximum absolute atomic E-state index is 12.8. The molecule has 0 saturated carbocycles. The van der Waals surface area contributed by atoms with Gasteiger partial charge in [-0.15, -0.1) is 0 Å². The molecule has 0 fully saturated rings. The third-order valence-electron chi connectivity index (χ3n) is 4.97. The Bertz CT molecular complexity index is 1070. The zero-order valence-corrected chi connectivity index (χ0v) is 20.8. The Balaban J connectivity index is 2.29. The molecule has 0 aromatic heterocycles. The molecule has 0 saturated heterocycles. The van der Waals surface area contributed by atoms with E-state index < -0.39 is 22.5 Å². The minimum atomic E-state index is -3.77. The second-order valence-electron chi connectivity index (χ2n) is 7.74. The van der Waals surface area contributed by atoms with Crippen molar-refractivity contribution in [1.29, 1.82) is 0 Å². The lowest BCUT2D eigenvalue weighted by molar-refractivity contribution is -0.120. The number of nitrogens with zero attached hydrogens (tertiary/aromatic N) is 1. The number of hydrogen-bond acceptors (Lipinski definition) is 4. The van der Waals surface area contributed by atoms with Crippen molar-refractivity contribution in [1.82, 2.24) is 5.32 Å². The fourth-order valence-corrected chi connectivity index (χ4v) is 4.68. The molecule has 31 heavy (non-hydrogen) atoms. The number of carbonyl (C=O) groups is 1. The van der Waals surface area contributed by atoms with Crippen LogP contribution in [-0.4, -0.2) is 34.2 Å². The summed E-state index contributed by atoms with van der Waals surface area (Å²) in [5, 5.41) is 3.16. The molecular weight excluding hydrogens is 459 g/mol. The molecule has 2 rings (SSSR count). The van der Waals surface area contributed by atoms with Crippen molar-refractivity contribution in [2.24, 2.45) is 0 Å². The van der Waals surface area contributed by atoms with Gasteiger partial charge < -0.3 is 10.1 Å². The number of rotatable bonds is 8. The van der Waals surface area contributed by atoms with Crippen LogP contribution in [-0.2, 0) is 14.8 Å². The zero-order chi connectivity index (χ0) is 23.5. The van der Waals surface area contributed by atoms with E-state index in [4.69, 9.17) is 27.9 Å². The molecule has 0 aliphatic rings.